The number of piperidine rings is 1. The van der Waals surface area contributed by atoms with Crippen molar-refractivity contribution in [2.45, 2.75) is 25.9 Å². The molecule has 1 N–H and O–H groups in total. The van der Waals surface area contributed by atoms with Gasteiger partial charge in [-0.05, 0) is 61.5 Å². The van der Waals surface area contributed by atoms with E-state index in [0.29, 0.717) is 0 Å². The monoisotopic (exact) mass is 358 g/mol. The van der Waals surface area contributed by atoms with Crippen LogP contribution < -0.4 is 10.1 Å². The molecule has 0 radical (unpaired) electrons. The van der Waals surface area contributed by atoms with Crippen LogP contribution in [0.2, 0.25) is 5.02 Å². The summed E-state index contributed by atoms with van der Waals surface area (Å²) in [6, 6.07) is 8.08. The highest BCUT2D eigenvalue weighted by Gasteiger charge is 2.20. The Morgan fingerprint density at radius 1 is 1.29 bits per heavy atom. The Morgan fingerprint density at radius 2 is 2.21 bits per heavy atom. The fourth-order valence-corrected chi connectivity index (χ4v) is 4.41. The van der Waals surface area contributed by atoms with Crippen molar-refractivity contribution in [1.82, 2.24) is 10.3 Å². The Hall–Kier alpha value is -1.62. The molecule has 0 aliphatic carbocycles. The van der Waals surface area contributed by atoms with E-state index in [2.05, 4.69) is 28.7 Å². The van der Waals surface area contributed by atoms with E-state index in [4.69, 9.17) is 16.3 Å². The summed E-state index contributed by atoms with van der Waals surface area (Å²) in [6.45, 7) is 4.03. The van der Waals surface area contributed by atoms with Crippen LogP contribution in [0.3, 0.4) is 0 Å². The fraction of sp³-hybridized carbons (Fsp3) is 0.316. The molecule has 1 aliphatic rings. The van der Waals surface area contributed by atoms with Gasteiger partial charge in [0.2, 0.25) is 0 Å². The van der Waals surface area contributed by atoms with Crippen molar-refractivity contribution < 1.29 is 4.74 Å². The summed E-state index contributed by atoms with van der Waals surface area (Å²) < 4.78 is 7.59. The van der Waals surface area contributed by atoms with Crippen LogP contribution in [0.25, 0.3) is 21.3 Å². The highest BCUT2D eigenvalue weighted by atomic mass is 35.5. The number of thiophene rings is 1. The lowest BCUT2D eigenvalue weighted by atomic mass is 10.0. The van der Waals surface area contributed by atoms with Crippen molar-refractivity contribution in [2.75, 3.05) is 13.1 Å². The number of fused-ring (bicyclic) bond motifs is 1. The molecule has 1 aromatic carbocycles. The molecule has 24 heavy (non-hydrogen) atoms. The highest BCUT2D eigenvalue weighted by molar-refractivity contribution is 7.17. The third-order valence-electron chi connectivity index (χ3n) is 4.41. The van der Waals surface area contributed by atoms with Crippen LogP contribution >= 0.6 is 22.9 Å². The quantitative estimate of drug-likeness (QED) is 0.710. The molecule has 2 aromatic heterocycles. The van der Waals surface area contributed by atoms with Crippen molar-refractivity contribution in [3.05, 3.63) is 46.4 Å². The van der Waals surface area contributed by atoms with Gasteiger partial charge in [0.25, 0.3) is 0 Å². The van der Waals surface area contributed by atoms with Gasteiger partial charge in [0.05, 0.1) is 10.2 Å². The van der Waals surface area contributed by atoms with Crippen LogP contribution in [0.4, 0.5) is 0 Å². The summed E-state index contributed by atoms with van der Waals surface area (Å²) in [5.41, 5.74) is 4.28. The second-order valence-electron chi connectivity index (χ2n) is 6.18. The van der Waals surface area contributed by atoms with Crippen molar-refractivity contribution in [1.29, 1.82) is 0 Å². The second-order valence-corrected chi connectivity index (χ2v) is 7.53. The standard InChI is InChI=1S/C19H19ClN2OS/c1-12-9-13(20)10-16(18(12)23-14-3-2-6-21-11-14)15-4-7-22-17-5-8-24-19(15)17/h4-5,7-10,14,21H,2-3,6,11H2,1H3. The molecule has 5 heteroatoms. The summed E-state index contributed by atoms with van der Waals surface area (Å²) in [5.74, 6) is 0.939. The molecule has 1 atom stereocenters. The van der Waals surface area contributed by atoms with Gasteiger partial charge in [-0.1, -0.05) is 11.6 Å². The zero-order valence-electron chi connectivity index (χ0n) is 13.5. The number of ether oxygens (including phenoxy) is 1. The topological polar surface area (TPSA) is 34.1 Å². The molecule has 0 amide bonds. The lowest BCUT2D eigenvalue weighted by Gasteiger charge is -2.26. The molecule has 0 saturated carbocycles. The molecule has 1 saturated heterocycles. The van der Waals surface area contributed by atoms with E-state index >= 15 is 0 Å². The minimum atomic E-state index is 0.207. The first kappa shape index (κ1) is 15.9. The lowest BCUT2D eigenvalue weighted by molar-refractivity contribution is 0.167. The van der Waals surface area contributed by atoms with Gasteiger partial charge in [0.1, 0.15) is 11.9 Å². The largest absolute Gasteiger partial charge is 0.488 e. The summed E-state index contributed by atoms with van der Waals surface area (Å²) >= 11 is 8.06. The number of pyridine rings is 1. The first-order chi connectivity index (χ1) is 11.7. The van der Waals surface area contributed by atoms with E-state index < -0.39 is 0 Å². The van der Waals surface area contributed by atoms with Crippen molar-refractivity contribution in [3.8, 4) is 16.9 Å². The molecule has 3 aromatic rings. The third kappa shape index (κ3) is 3.02. The molecule has 3 heterocycles. The molecule has 1 aliphatic heterocycles. The van der Waals surface area contributed by atoms with Gasteiger partial charge < -0.3 is 10.1 Å². The Labute approximate surface area is 150 Å². The maximum absolute atomic E-state index is 6.42. The molecule has 4 rings (SSSR count). The highest BCUT2D eigenvalue weighted by Crippen LogP contribution is 2.41. The SMILES string of the molecule is Cc1cc(Cl)cc(-c2ccnc3ccsc23)c1OC1CCCNC1. The van der Waals surface area contributed by atoms with Crippen LogP contribution in [0, 0.1) is 6.92 Å². The van der Waals surface area contributed by atoms with E-state index in [1.165, 1.54) is 4.70 Å². The van der Waals surface area contributed by atoms with Gasteiger partial charge in [-0.15, -0.1) is 11.3 Å². The number of nitrogens with one attached hydrogen (secondary N) is 1. The second kappa shape index (κ2) is 6.71. The normalized spacial score (nSPS) is 18.0. The molecule has 0 bridgehead atoms. The summed E-state index contributed by atoms with van der Waals surface area (Å²) in [7, 11) is 0. The van der Waals surface area contributed by atoms with Crippen molar-refractivity contribution in [3.63, 3.8) is 0 Å². The minimum Gasteiger partial charge on any atom is -0.488 e. The van der Waals surface area contributed by atoms with Crippen LogP contribution in [0.1, 0.15) is 18.4 Å². The smallest absolute Gasteiger partial charge is 0.130 e. The number of benzene rings is 1. The summed E-state index contributed by atoms with van der Waals surface area (Å²) in [4.78, 5) is 4.44. The van der Waals surface area contributed by atoms with Gasteiger partial charge in [-0.3, -0.25) is 4.98 Å². The maximum atomic E-state index is 6.42. The van der Waals surface area contributed by atoms with Gasteiger partial charge >= 0.3 is 0 Å². The zero-order valence-corrected chi connectivity index (χ0v) is 15.1. The first-order valence-electron chi connectivity index (χ1n) is 8.22. The molecular formula is C19H19ClN2OS. The third-order valence-corrected chi connectivity index (χ3v) is 5.56. The van der Waals surface area contributed by atoms with Crippen LogP contribution in [0.15, 0.2) is 35.8 Å². The van der Waals surface area contributed by atoms with Crippen LogP contribution in [-0.4, -0.2) is 24.2 Å². The number of hydrogen-bond acceptors (Lipinski definition) is 4. The van der Waals surface area contributed by atoms with Gasteiger partial charge in [-0.2, -0.15) is 0 Å². The summed E-state index contributed by atoms with van der Waals surface area (Å²) in [6.07, 6.45) is 4.29. The average Bonchev–Trinajstić information content (AvgIpc) is 3.07. The van der Waals surface area contributed by atoms with Crippen LogP contribution in [-0.2, 0) is 0 Å². The Balaban J connectivity index is 1.83. The number of rotatable bonds is 3. The number of nitrogens with zero attached hydrogens (tertiary/aromatic N) is 1. The Morgan fingerprint density at radius 3 is 3.04 bits per heavy atom. The predicted molar refractivity (Wildman–Crippen MR) is 101 cm³/mol. The molecule has 124 valence electrons. The van der Waals surface area contributed by atoms with E-state index in [-0.39, 0.29) is 6.10 Å². The lowest BCUT2D eigenvalue weighted by Crippen LogP contribution is -2.37. The van der Waals surface area contributed by atoms with Gasteiger partial charge in [0, 0.05) is 28.9 Å². The molecule has 1 unspecified atom stereocenters. The fourth-order valence-electron chi connectivity index (χ4n) is 3.26. The van der Waals surface area contributed by atoms with Crippen molar-refractivity contribution in [2.24, 2.45) is 0 Å². The molecule has 1 fully saturated rings. The Bertz CT molecular complexity index is 871. The number of aryl methyl sites for hydroxylation is 1. The summed E-state index contributed by atoms with van der Waals surface area (Å²) in [5, 5.41) is 6.22. The minimum absolute atomic E-state index is 0.207. The molecule has 3 nitrogen and oxygen atoms in total. The maximum Gasteiger partial charge on any atom is 0.130 e. The average molecular weight is 359 g/mol. The molecular weight excluding hydrogens is 340 g/mol. The van der Waals surface area contributed by atoms with Gasteiger partial charge in [0.15, 0.2) is 0 Å². The zero-order chi connectivity index (χ0) is 16.5. The predicted octanol–water partition coefficient (Wildman–Crippen LogP) is 5.06. The van der Waals surface area contributed by atoms with E-state index in [1.807, 2.05) is 24.4 Å². The molecule has 0 spiro atoms. The van der Waals surface area contributed by atoms with E-state index in [1.54, 1.807) is 11.3 Å². The van der Waals surface area contributed by atoms with E-state index in [0.717, 1.165) is 58.9 Å². The van der Waals surface area contributed by atoms with Gasteiger partial charge in [-0.25, -0.2) is 0 Å². The number of aromatic nitrogens is 1. The Kier molecular flexibility index (Phi) is 4.44. The number of hydrogen-bond donors (Lipinski definition) is 1. The van der Waals surface area contributed by atoms with Crippen LogP contribution in [0.5, 0.6) is 5.75 Å². The van der Waals surface area contributed by atoms with Crippen molar-refractivity contribution >= 4 is 33.2 Å². The first-order valence-corrected chi connectivity index (χ1v) is 9.48. The van der Waals surface area contributed by atoms with E-state index in [9.17, 15) is 0 Å². The number of halogens is 1.